The highest BCUT2D eigenvalue weighted by Crippen LogP contribution is 2.21. The fraction of sp³-hybridized carbons (Fsp3) is 1.00. The van der Waals surface area contributed by atoms with Crippen LogP contribution in [0.4, 0.5) is 0 Å². The SMILES string of the molecule is CCC(C)NC1CCC(OC)C1. The van der Waals surface area contributed by atoms with Gasteiger partial charge in [0, 0.05) is 19.2 Å². The van der Waals surface area contributed by atoms with Gasteiger partial charge in [0.15, 0.2) is 0 Å². The normalized spacial score (nSPS) is 32.2. The Morgan fingerprint density at radius 1 is 1.50 bits per heavy atom. The van der Waals surface area contributed by atoms with Crippen LogP contribution in [0.5, 0.6) is 0 Å². The van der Waals surface area contributed by atoms with E-state index >= 15 is 0 Å². The molecule has 0 saturated heterocycles. The minimum atomic E-state index is 0.506. The number of hydrogen-bond donors (Lipinski definition) is 1. The molecule has 0 aromatic heterocycles. The molecule has 1 N–H and O–H groups in total. The van der Waals surface area contributed by atoms with Gasteiger partial charge >= 0.3 is 0 Å². The van der Waals surface area contributed by atoms with E-state index in [1.807, 2.05) is 7.11 Å². The monoisotopic (exact) mass is 171 g/mol. The van der Waals surface area contributed by atoms with Crippen LogP contribution in [-0.4, -0.2) is 25.3 Å². The van der Waals surface area contributed by atoms with Gasteiger partial charge in [-0.05, 0) is 32.6 Å². The van der Waals surface area contributed by atoms with Gasteiger partial charge in [0.1, 0.15) is 0 Å². The van der Waals surface area contributed by atoms with Gasteiger partial charge in [-0.3, -0.25) is 0 Å². The second-order valence-corrected chi connectivity index (χ2v) is 3.84. The standard InChI is InChI=1S/C10H21NO/c1-4-8(2)11-9-5-6-10(7-9)12-3/h8-11H,4-7H2,1-3H3. The molecular weight excluding hydrogens is 150 g/mol. The molecule has 1 aliphatic rings. The van der Waals surface area contributed by atoms with Crippen LogP contribution in [-0.2, 0) is 4.74 Å². The van der Waals surface area contributed by atoms with E-state index in [0.717, 1.165) is 0 Å². The number of ether oxygens (including phenoxy) is 1. The molecule has 0 aliphatic heterocycles. The lowest BCUT2D eigenvalue weighted by Crippen LogP contribution is -2.34. The Balaban J connectivity index is 2.18. The van der Waals surface area contributed by atoms with Gasteiger partial charge in [-0.1, -0.05) is 6.92 Å². The van der Waals surface area contributed by atoms with Gasteiger partial charge in [-0.2, -0.15) is 0 Å². The molecule has 0 bridgehead atoms. The van der Waals surface area contributed by atoms with Crippen molar-refractivity contribution in [2.75, 3.05) is 7.11 Å². The quantitative estimate of drug-likeness (QED) is 0.698. The molecule has 0 radical (unpaired) electrons. The maximum Gasteiger partial charge on any atom is 0.0586 e. The number of hydrogen-bond acceptors (Lipinski definition) is 2. The molecule has 0 aromatic rings. The third-order valence-electron chi connectivity index (χ3n) is 2.85. The van der Waals surface area contributed by atoms with Crippen LogP contribution in [0, 0.1) is 0 Å². The first-order valence-corrected chi connectivity index (χ1v) is 5.05. The molecule has 0 aromatic carbocycles. The Kier molecular flexibility index (Phi) is 4.02. The largest absolute Gasteiger partial charge is 0.381 e. The minimum absolute atomic E-state index is 0.506. The van der Waals surface area contributed by atoms with Gasteiger partial charge in [0.2, 0.25) is 0 Å². The molecule has 1 fully saturated rings. The molecule has 1 saturated carbocycles. The summed E-state index contributed by atoms with van der Waals surface area (Å²) >= 11 is 0. The lowest BCUT2D eigenvalue weighted by atomic mass is 10.2. The highest BCUT2D eigenvalue weighted by atomic mass is 16.5. The first-order valence-electron chi connectivity index (χ1n) is 5.05. The Morgan fingerprint density at radius 3 is 2.75 bits per heavy atom. The van der Waals surface area contributed by atoms with Crippen molar-refractivity contribution in [3.63, 3.8) is 0 Å². The van der Waals surface area contributed by atoms with Crippen LogP contribution in [0.2, 0.25) is 0 Å². The van der Waals surface area contributed by atoms with Crippen molar-refractivity contribution in [2.45, 2.75) is 57.7 Å². The smallest absolute Gasteiger partial charge is 0.0586 e. The van der Waals surface area contributed by atoms with Crippen LogP contribution < -0.4 is 5.32 Å². The van der Waals surface area contributed by atoms with E-state index in [9.17, 15) is 0 Å². The molecule has 1 rings (SSSR count). The third kappa shape index (κ3) is 2.76. The summed E-state index contributed by atoms with van der Waals surface area (Å²) in [7, 11) is 1.82. The Morgan fingerprint density at radius 2 is 2.25 bits per heavy atom. The molecule has 3 unspecified atom stereocenters. The van der Waals surface area contributed by atoms with Crippen molar-refractivity contribution in [2.24, 2.45) is 0 Å². The highest BCUT2D eigenvalue weighted by molar-refractivity contribution is 4.82. The van der Waals surface area contributed by atoms with Gasteiger partial charge in [-0.25, -0.2) is 0 Å². The second-order valence-electron chi connectivity index (χ2n) is 3.84. The van der Waals surface area contributed by atoms with E-state index < -0.39 is 0 Å². The Hall–Kier alpha value is -0.0800. The fourth-order valence-corrected chi connectivity index (χ4v) is 1.83. The summed E-state index contributed by atoms with van der Waals surface area (Å²) in [6.45, 7) is 4.47. The minimum Gasteiger partial charge on any atom is -0.381 e. The molecule has 2 nitrogen and oxygen atoms in total. The van der Waals surface area contributed by atoms with Crippen LogP contribution in [0.15, 0.2) is 0 Å². The van der Waals surface area contributed by atoms with E-state index in [0.29, 0.717) is 18.2 Å². The zero-order chi connectivity index (χ0) is 8.97. The number of methoxy groups -OCH3 is 1. The average Bonchev–Trinajstić information content (AvgIpc) is 2.52. The zero-order valence-electron chi connectivity index (χ0n) is 8.47. The van der Waals surface area contributed by atoms with Gasteiger partial charge in [-0.15, -0.1) is 0 Å². The first kappa shape index (κ1) is 10.0. The molecular formula is C10H21NO. The molecule has 3 atom stereocenters. The molecule has 0 amide bonds. The number of nitrogens with one attached hydrogen (secondary N) is 1. The molecule has 72 valence electrons. The van der Waals surface area contributed by atoms with Crippen LogP contribution in [0.3, 0.4) is 0 Å². The van der Waals surface area contributed by atoms with Gasteiger partial charge < -0.3 is 10.1 Å². The molecule has 1 aliphatic carbocycles. The van der Waals surface area contributed by atoms with Crippen molar-refractivity contribution < 1.29 is 4.74 Å². The first-order chi connectivity index (χ1) is 5.76. The van der Waals surface area contributed by atoms with E-state index in [-0.39, 0.29) is 0 Å². The van der Waals surface area contributed by atoms with Gasteiger partial charge in [0.05, 0.1) is 6.10 Å². The predicted octanol–water partition coefficient (Wildman–Crippen LogP) is 1.94. The number of rotatable bonds is 4. The van der Waals surface area contributed by atoms with E-state index in [2.05, 4.69) is 19.2 Å². The zero-order valence-corrected chi connectivity index (χ0v) is 8.47. The van der Waals surface area contributed by atoms with Crippen LogP contribution in [0.25, 0.3) is 0 Å². The maximum atomic E-state index is 5.32. The summed E-state index contributed by atoms with van der Waals surface area (Å²) in [5, 5.41) is 3.61. The van der Waals surface area contributed by atoms with Crippen molar-refractivity contribution in [1.29, 1.82) is 0 Å². The van der Waals surface area contributed by atoms with Crippen molar-refractivity contribution in [1.82, 2.24) is 5.32 Å². The molecule has 12 heavy (non-hydrogen) atoms. The van der Waals surface area contributed by atoms with E-state index in [1.165, 1.54) is 25.7 Å². The van der Waals surface area contributed by atoms with Crippen molar-refractivity contribution in [3.05, 3.63) is 0 Å². The van der Waals surface area contributed by atoms with Crippen molar-refractivity contribution >= 4 is 0 Å². The maximum absolute atomic E-state index is 5.32. The summed E-state index contributed by atoms with van der Waals surface area (Å²) in [4.78, 5) is 0. The average molecular weight is 171 g/mol. The summed E-state index contributed by atoms with van der Waals surface area (Å²) in [5.74, 6) is 0. The lowest BCUT2D eigenvalue weighted by Gasteiger charge is -2.17. The summed E-state index contributed by atoms with van der Waals surface area (Å²) in [6, 6.07) is 1.36. The molecule has 2 heteroatoms. The van der Waals surface area contributed by atoms with E-state index in [4.69, 9.17) is 4.74 Å². The van der Waals surface area contributed by atoms with Crippen LogP contribution >= 0.6 is 0 Å². The second kappa shape index (κ2) is 4.83. The Bertz CT molecular complexity index is 127. The lowest BCUT2D eigenvalue weighted by molar-refractivity contribution is 0.106. The molecule has 0 heterocycles. The van der Waals surface area contributed by atoms with Crippen molar-refractivity contribution in [3.8, 4) is 0 Å². The topological polar surface area (TPSA) is 21.3 Å². The van der Waals surface area contributed by atoms with Gasteiger partial charge in [0.25, 0.3) is 0 Å². The van der Waals surface area contributed by atoms with Crippen LogP contribution in [0.1, 0.15) is 39.5 Å². The summed E-state index contributed by atoms with van der Waals surface area (Å²) < 4.78 is 5.32. The summed E-state index contributed by atoms with van der Waals surface area (Å²) in [6.07, 6.45) is 5.43. The fourth-order valence-electron chi connectivity index (χ4n) is 1.83. The summed E-state index contributed by atoms with van der Waals surface area (Å²) in [5.41, 5.74) is 0. The third-order valence-corrected chi connectivity index (χ3v) is 2.85. The predicted molar refractivity (Wildman–Crippen MR) is 51.3 cm³/mol. The highest BCUT2D eigenvalue weighted by Gasteiger charge is 2.24. The Labute approximate surface area is 75.7 Å². The van der Waals surface area contributed by atoms with E-state index in [1.54, 1.807) is 0 Å². The molecule has 0 spiro atoms.